The van der Waals surface area contributed by atoms with E-state index in [4.69, 9.17) is 17.3 Å². The summed E-state index contributed by atoms with van der Waals surface area (Å²) in [5.41, 5.74) is 7.50. The molecule has 0 unspecified atom stereocenters. The molecule has 0 fully saturated rings. The predicted molar refractivity (Wildman–Crippen MR) is 71.5 cm³/mol. The molecule has 1 aromatic carbocycles. The SMILES string of the molecule is NCc1cccc(NC(=O)c2ccc(Cl)cn2)c1. The lowest BCUT2D eigenvalue weighted by Gasteiger charge is -2.06. The van der Waals surface area contributed by atoms with E-state index in [1.54, 1.807) is 18.2 Å². The van der Waals surface area contributed by atoms with Crippen molar-refractivity contribution in [2.75, 3.05) is 5.32 Å². The zero-order chi connectivity index (χ0) is 13.0. The van der Waals surface area contributed by atoms with E-state index in [1.807, 2.05) is 18.2 Å². The fourth-order valence-corrected chi connectivity index (χ4v) is 1.59. The fourth-order valence-electron chi connectivity index (χ4n) is 1.48. The molecule has 1 heterocycles. The van der Waals surface area contributed by atoms with E-state index in [2.05, 4.69) is 10.3 Å². The summed E-state index contributed by atoms with van der Waals surface area (Å²) >= 11 is 5.71. The molecule has 0 aliphatic carbocycles. The summed E-state index contributed by atoms with van der Waals surface area (Å²) in [4.78, 5) is 15.8. The van der Waals surface area contributed by atoms with Gasteiger partial charge in [0.15, 0.2) is 0 Å². The van der Waals surface area contributed by atoms with Gasteiger partial charge in [0.2, 0.25) is 0 Å². The minimum Gasteiger partial charge on any atom is -0.326 e. The zero-order valence-electron chi connectivity index (χ0n) is 9.56. The number of carbonyl (C=O) groups excluding carboxylic acids is 1. The Balaban J connectivity index is 2.13. The van der Waals surface area contributed by atoms with Gasteiger partial charge in [0.1, 0.15) is 5.69 Å². The molecule has 4 nitrogen and oxygen atoms in total. The van der Waals surface area contributed by atoms with Crippen LogP contribution in [0.5, 0.6) is 0 Å². The van der Waals surface area contributed by atoms with Crippen molar-refractivity contribution < 1.29 is 4.79 Å². The average molecular weight is 262 g/mol. The minimum atomic E-state index is -0.277. The van der Waals surface area contributed by atoms with Gasteiger partial charge in [-0.25, -0.2) is 4.98 Å². The Bertz CT molecular complexity index is 554. The Hall–Kier alpha value is -1.91. The van der Waals surface area contributed by atoms with Crippen molar-refractivity contribution in [2.45, 2.75) is 6.54 Å². The van der Waals surface area contributed by atoms with Gasteiger partial charge >= 0.3 is 0 Å². The van der Waals surface area contributed by atoms with E-state index in [0.717, 1.165) is 5.56 Å². The largest absolute Gasteiger partial charge is 0.326 e. The third-order valence-corrected chi connectivity index (χ3v) is 2.60. The number of pyridine rings is 1. The second kappa shape index (κ2) is 5.62. The van der Waals surface area contributed by atoms with Gasteiger partial charge in [-0.15, -0.1) is 0 Å². The summed E-state index contributed by atoms with van der Waals surface area (Å²) < 4.78 is 0. The minimum absolute atomic E-state index is 0.277. The summed E-state index contributed by atoms with van der Waals surface area (Å²) in [7, 11) is 0. The quantitative estimate of drug-likeness (QED) is 0.892. The Morgan fingerprint density at radius 1 is 1.33 bits per heavy atom. The number of nitrogens with one attached hydrogen (secondary N) is 1. The van der Waals surface area contributed by atoms with E-state index < -0.39 is 0 Å². The van der Waals surface area contributed by atoms with Crippen molar-refractivity contribution in [3.63, 3.8) is 0 Å². The van der Waals surface area contributed by atoms with Crippen molar-refractivity contribution in [3.05, 3.63) is 58.9 Å². The van der Waals surface area contributed by atoms with Gasteiger partial charge in [-0.05, 0) is 29.8 Å². The Labute approximate surface area is 110 Å². The lowest BCUT2D eigenvalue weighted by Crippen LogP contribution is -2.13. The molecule has 0 atom stereocenters. The first-order valence-corrected chi connectivity index (χ1v) is 5.79. The molecule has 5 heteroatoms. The molecule has 1 amide bonds. The van der Waals surface area contributed by atoms with Crippen LogP contribution in [0.2, 0.25) is 5.02 Å². The molecule has 0 spiro atoms. The zero-order valence-corrected chi connectivity index (χ0v) is 10.3. The number of halogens is 1. The lowest BCUT2D eigenvalue weighted by molar-refractivity contribution is 0.102. The number of rotatable bonds is 3. The number of amides is 1. The molecular weight excluding hydrogens is 250 g/mol. The molecule has 92 valence electrons. The van der Waals surface area contributed by atoms with E-state index in [1.165, 1.54) is 6.20 Å². The number of benzene rings is 1. The highest BCUT2D eigenvalue weighted by Gasteiger charge is 2.07. The molecule has 2 rings (SSSR count). The van der Waals surface area contributed by atoms with Gasteiger partial charge in [0.05, 0.1) is 5.02 Å². The highest BCUT2D eigenvalue weighted by molar-refractivity contribution is 6.30. The van der Waals surface area contributed by atoms with E-state index in [-0.39, 0.29) is 5.91 Å². The highest BCUT2D eigenvalue weighted by Crippen LogP contribution is 2.12. The molecule has 0 saturated carbocycles. The molecule has 0 saturated heterocycles. The van der Waals surface area contributed by atoms with Crippen molar-refractivity contribution in [1.82, 2.24) is 4.98 Å². The van der Waals surface area contributed by atoms with Gasteiger partial charge in [-0.2, -0.15) is 0 Å². The van der Waals surface area contributed by atoms with E-state index in [0.29, 0.717) is 22.9 Å². The average Bonchev–Trinajstić information content (AvgIpc) is 2.39. The lowest BCUT2D eigenvalue weighted by atomic mass is 10.2. The number of carbonyl (C=O) groups is 1. The van der Waals surface area contributed by atoms with Crippen molar-refractivity contribution in [1.29, 1.82) is 0 Å². The van der Waals surface area contributed by atoms with Crippen LogP contribution >= 0.6 is 11.6 Å². The summed E-state index contributed by atoms with van der Waals surface area (Å²) in [6, 6.07) is 10.6. The van der Waals surface area contributed by atoms with Crippen molar-refractivity contribution >= 4 is 23.2 Å². The Kier molecular flexibility index (Phi) is 3.92. The van der Waals surface area contributed by atoms with Crippen LogP contribution in [0.15, 0.2) is 42.6 Å². The van der Waals surface area contributed by atoms with Gasteiger partial charge < -0.3 is 11.1 Å². The van der Waals surface area contributed by atoms with E-state index >= 15 is 0 Å². The second-order valence-electron chi connectivity index (χ2n) is 3.72. The first-order chi connectivity index (χ1) is 8.69. The van der Waals surface area contributed by atoms with Crippen LogP contribution in [0.1, 0.15) is 16.1 Å². The molecular formula is C13H12ClN3O. The van der Waals surface area contributed by atoms with E-state index in [9.17, 15) is 4.79 Å². The molecule has 0 bridgehead atoms. The second-order valence-corrected chi connectivity index (χ2v) is 4.16. The molecule has 0 aliphatic rings. The van der Waals surface area contributed by atoms with Gasteiger partial charge in [-0.1, -0.05) is 23.7 Å². The Morgan fingerprint density at radius 2 is 2.17 bits per heavy atom. The Morgan fingerprint density at radius 3 is 2.83 bits per heavy atom. The molecule has 18 heavy (non-hydrogen) atoms. The van der Waals surface area contributed by atoms with Crippen molar-refractivity contribution in [3.8, 4) is 0 Å². The van der Waals surface area contributed by atoms with Crippen molar-refractivity contribution in [2.24, 2.45) is 5.73 Å². The molecule has 1 aromatic heterocycles. The van der Waals surface area contributed by atoms with Crippen LogP contribution < -0.4 is 11.1 Å². The van der Waals surface area contributed by atoms with Crippen LogP contribution in [-0.2, 0) is 6.54 Å². The van der Waals surface area contributed by atoms with Crippen LogP contribution in [0.25, 0.3) is 0 Å². The molecule has 3 N–H and O–H groups in total. The maximum Gasteiger partial charge on any atom is 0.274 e. The fraction of sp³-hybridized carbons (Fsp3) is 0.0769. The molecule has 0 radical (unpaired) electrons. The maximum atomic E-state index is 11.9. The molecule has 0 aliphatic heterocycles. The summed E-state index contributed by atoms with van der Waals surface area (Å²) in [5.74, 6) is -0.277. The van der Waals surface area contributed by atoms with Crippen LogP contribution in [-0.4, -0.2) is 10.9 Å². The van der Waals surface area contributed by atoms with Gasteiger partial charge in [-0.3, -0.25) is 4.79 Å². The maximum absolute atomic E-state index is 11.9. The number of aromatic nitrogens is 1. The smallest absolute Gasteiger partial charge is 0.274 e. The van der Waals surface area contributed by atoms with Crippen LogP contribution in [0.4, 0.5) is 5.69 Å². The third kappa shape index (κ3) is 3.06. The summed E-state index contributed by atoms with van der Waals surface area (Å²) in [6.45, 7) is 0.433. The third-order valence-electron chi connectivity index (χ3n) is 2.38. The number of nitrogens with zero attached hydrogens (tertiary/aromatic N) is 1. The van der Waals surface area contributed by atoms with Crippen LogP contribution in [0, 0.1) is 0 Å². The highest BCUT2D eigenvalue weighted by atomic mass is 35.5. The normalized spacial score (nSPS) is 10.1. The standard InChI is InChI=1S/C13H12ClN3O/c14-10-4-5-12(16-8-10)13(18)17-11-3-1-2-9(6-11)7-15/h1-6,8H,7,15H2,(H,17,18). The van der Waals surface area contributed by atoms with Crippen LogP contribution in [0.3, 0.4) is 0 Å². The number of anilines is 1. The number of hydrogen-bond acceptors (Lipinski definition) is 3. The summed E-state index contributed by atoms with van der Waals surface area (Å²) in [5, 5.41) is 3.25. The first kappa shape index (κ1) is 12.5. The van der Waals surface area contributed by atoms with Gasteiger partial charge in [0, 0.05) is 18.4 Å². The molecule has 2 aromatic rings. The monoisotopic (exact) mass is 261 g/mol. The van der Waals surface area contributed by atoms with Gasteiger partial charge in [0.25, 0.3) is 5.91 Å². The number of nitrogens with two attached hydrogens (primary N) is 1. The predicted octanol–water partition coefficient (Wildman–Crippen LogP) is 2.45. The number of hydrogen-bond donors (Lipinski definition) is 2. The topological polar surface area (TPSA) is 68.0 Å². The first-order valence-electron chi connectivity index (χ1n) is 5.41. The summed E-state index contributed by atoms with van der Waals surface area (Å²) in [6.07, 6.45) is 1.44.